The van der Waals surface area contributed by atoms with Gasteiger partial charge in [-0.3, -0.25) is 4.79 Å². The lowest BCUT2D eigenvalue weighted by atomic mass is 10.3. The maximum Gasteiger partial charge on any atom is 0.328 e. The Labute approximate surface area is 92.3 Å². The average Bonchev–Trinajstić information content (AvgIpc) is 2.25. The van der Waals surface area contributed by atoms with Crippen molar-refractivity contribution < 1.29 is 24.2 Å². The fourth-order valence-corrected chi connectivity index (χ4v) is 0.800. The molecule has 0 spiro atoms. The SMILES string of the molecule is CNC(=O)CNC(=O)NC(COC)C(=O)O. The molecule has 0 fully saturated rings. The standard InChI is InChI=1S/C8H15N3O5/c1-9-6(12)3-10-8(15)11-5(4-16-2)7(13)14/h5H,3-4H2,1-2H3,(H,9,12)(H,13,14)(H2,10,11,15). The molecule has 1 unspecified atom stereocenters. The van der Waals surface area contributed by atoms with Crippen LogP contribution in [-0.4, -0.2) is 56.4 Å². The first-order valence-electron chi connectivity index (χ1n) is 4.48. The normalized spacial score (nSPS) is 11.4. The van der Waals surface area contributed by atoms with Crippen LogP contribution in [0, 0.1) is 0 Å². The van der Waals surface area contributed by atoms with E-state index in [2.05, 4.69) is 20.7 Å². The van der Waals surface area contributed by atoms with Crippen LogP contribution < -0.4 is 16.0 Å². The highest BCUT2D eigenvalue weighted by Crippen LogP contribution is 1.85. The molecule has 0 aliphatic rings. The minimum absolute atomic E-state index is 0.150. The van der Waals surface area contributed by atoms with Crippen molar-refractivity contribution in [2.75, 3.05) is 27.3 Å². The zero-order valence-corrected chi connectivity index (χ0v) is 9.07. The molecule has 0 aromatic rings. The van der Waals surface area contributed by atoms with Crippen molar-refractivity contribution in [1.82, 2.24) is 16.0 Å². The number of ether oxygens (including phenoxy) is 1. The molecule has 0 radical (unpaired) electrons. The predicted molar refractivity (Wildman–Crippen MR) is 53.9 cm³/mol. The highest BCUT2D eigenvalue weighted by molar-refractivity contribution is 5.86. The van der Waals surface area contributed by atoms with Crippen LogP contribution in [0.3, 0.4) is 0 Å². The minimum Gasteiger partial charge on any atom is -0.480 e. The van der Waals surface area contributed by atoms with Crippen molar-refractivity contribution in [2.45, 2.75) is 6.04 Å². The Kier molecular flexibility index (Phi) is 6.61. The lowest BCUT2D eigenvalue weighted by molar-refractivity contribution is -0.140. The summed E-state index contributed by atoms with van der Waals surface area (Å²) in [7, 11) is 2.74. The number of methoxy groups -OCH3 is 1. The lowest BCUT2D eigenvalue weighted by Gasteiger charge is -2.13. The van der Waals surface area contributed by atoms with Gasteiger partial charge >= 0.3 is 12.0 Å². The van der Waals surface area contributed by atoms with Crippen molar-refractivity contribution in [1.29, 1.82) is 0 Å². The fraction of sp³-hybridized carbons (Fsp3) is 0.625. The van der Waals surface area contributed by atoms with Crippen LogP contribution in [0.2, 0.25) is 0 Å². The Morgan fingerprint density at radius 2 is 2.00 bits per heavy atom. The average molecular weight is 233 g/mol. The summed E-state index contributed by atoms with van der Waals surface area (Å²) < 4.78 is 4.61. The molecule has 8 heteroatoms. The molecule has 4 N–H and O–H groups in total. The van der Waals surface area contributed by atoms with E-state index in [9.17, 15) is 14.4 Å². The third-order valence-corrected chi connectivity index (χ3v) is 1.63. The van der Waals surface area contributed by atoms with Crippen LogP contribution in [0.15, 0.2) is 0 Å². The van der Waals surface area contributed by atoms with Gasteiger partial charge in [0.15, 0.2) is 6.04 Å². The van der Waals surface area contributed by atoms with E-state index in [1.54, 1.807) is 0 Å². The molecule has 3 amide bonds. The van der Waals surface area contributed by atoms with Gasteiger partial charge in [-0.15, -0.1) is 0 Å². The number of likely N-dealkylation sites (N-methyl/N-ethyl adjacent to an activating group) is 1. The van der Waals surface area contributed by atoms with Gasteiger partial charge in [-0.05, 0) is 0 Å². The summed E-state index contributed by atoms with van der Waals surface area (Å²) in [6.07, 6.45) is 0. The second-order valence-corrected chi connectivity index (χ2v) is 2.85. The molecule has 0 aliphatic carbocycles. The molecular weight excluding hydrogens is 218 g/mol. The summed E-state index contributed by atoms with van der Waals surface area (Å²) >= 11 is 0. The van der Waals surface area contributed by atoms with Crippen molar-refractivity contribution in [3.8, 4) is 0 Å². The Hall–Kier alpha value is -1.83. The largest absolute Gasteiger partial charge is 0.480 e. The second-order valence-electron chi connectivity index (χ2n) is 2.85. The molecule has 0 aromatic heterocycles. The Bertz CT molecular complexity index is 268. The quantitative estimate of drug-likeness (QED) is 0.429. The summed E-state index contributed by atoms with van der Waals surface area (Å²) in [5.41, 5.74) is 0. The van der Waals surface area contributed by atoms with E-state index in [1.807, 2.05) is 0 Å². The summed E-state index contributed by atoms with van der Waals surface area (Å²) in [4.78, 5) is 32.5. The molecule has 16 heavy (non-hydrogen) atoms. The summed E-state index contributed by atoms with van der Waals surface area (Å²) in [6.45, 7) is -0.371. The Balaban J connectivity index is 4.00. The summed E-state index contributed by atoms with van der Waals surface area (Å²) in [5, 5.41) is 15.3. The van der Waals surface area contributed by atoms with E-state index in [-0.39, 0.29) is 19.1 Å². The van der Waals surface area contributed by atoms with Gasteiger partial charge in [0.2, 0.25) is 5.91 Å². The monoisotopic (exact) mass is 233 g/mol. The van der Waals surface area contributed by atoms with Crippen LogP contribution in [0.4, 0.5) is 4.79 Å². The number of rotatable bonds is 6. The first-order valence-corrected chi connectivity index (χ1v) is 4.48. The third kappa shape index (κ3) is 5.81. The van der Waals surface area contributed by atoms with Gasteiger partial charge in [0.1, 0.15) is 0 Å². The molecule has 8 nitrogen and oxygen atoms in total. The fourth-order valence-electron chi connectivity index (χ4n) is 0.800. The highest BCUT2D eigenvalue weighted by Gasteiger charge is 2.19. The molecule has 0 heterocycles. The van der Waals surface area contributed by atoms with E-state index in [1.165, 1.54) is 14.2 Å². The smallest absolute Gasteiger partial charge is 0.328 e. The van der Waals surface area contributed by atoms with Crippen molar-refractivity contribution in [3.63, 3.8) is 0 Å². The van der Waals surface area contributed by atoms with E-state index in [4.69, 9.17) is 5.11 Å². The Morgan fingerprint density at radius 3 is 2.44 bits per heavy atom. The van der Waals surface area contributed by atoms with E-state index in [0.29, 0.717) is 0 Å². The molecule has 0 aromatic carbocycles. The van der Waals surface area contributed by atoms with Gasteiger partial charge in [-0.25, -0.2) is 9.59 Å². The maximum absolute atomic E-state index is 11.1. The predicted octanol–water partition coefficient (Wildman–Crippen LogP) is -1.87. The number of urea groups is 1. The topological polar surface area (TPSA) is 117 Å². The molecule has 1 atom stereocenters. The van der Waals surface area contributed by atoms with E-state index >= 15 is 0 Å². The van der Waals surface area contributed by atoms with Crippen LogP contribution >= 0.6 is 0 Å². The third-order valence-electron chi connectivity index (χ3n) is 1.63. The minimum atomic E-state index is -1.21. The first-order chi connectivity index (χ1) is 7.51. The lowest BCUT2D eigenvalue weighted by Crippen LogP contribution is -2.49. The maximum atomic E-state index is 11.1. The Morgan fingerprint density at radius 1 is 1.38 bits per heavy atom. The number of aliphatic carboxylic acids is 1. The summed E-state index contributed by atoms with van der Waals surface area (Å²) in [6, 6.07) is -1.89. The second kappa shape index (κ2) is 7.46. The zero-order chi connectivity index (χ0) is 12.6. The summed E-state index contributed by atoms with van der Waals surface area (Å²) in [5.74, 6) is -1.59. The zero-order valence-electron chi connectivity index (χ0n) is 9.07. The van der Waals surface area contributed by atoms with Gasteiger partial charge in [0.25, 0.3) is 0 Å². The highest BCUT2D eigenvalue weighted by atomic mass is 16.5. The molecule has 0 saturated carbocycles. The number of hydrogen-bond acceptors (Lipinski definition) is 4. The van der Waals surface area contributed by atoms with Crippen molar-refractivity contribution in [2.24, 2.45) is 0 Å². The van der Waals surface area contributed by atoms with Crippen LogP contribution in [0.25, 0.3) is 0 Å². The number of carbonyl (C=O) groups excluding carboxylic acids is 2. The van der Waals surface area contributed by atoms with Gasteiger partial charge in [-0.2, -0.15) is 0 Å². The molecule has 0 aliphatic heterocycles. The molecule has 0 saturated heterocycles. The van der Waals surface area contributed by atoms with Gasteiger partial charge in [0.05, 0.1) is 13.2 Å². The van der Waals surface area contributed by atoms with Crippen LogP contribution in [0.5, 0.6) is 0 Å². The van der Waals surface area contributed by atoms with Crippen molar-refractivity contribution in [3.05, 3.63) is 0 Å². The van der Waals surface area contributed by atoms with Gasteiger partial charge in [0, 0.05) is 14.2 Å². The molecular formula is C8H15N3O5. The van der Waals surface area contributed by atoms with E-state index < -0.39 is 18.0 Å². The number of carboxylic acid groups (broad SMARTS) is 1. The van der Waals surface area contributed by atoms with Crippen molar-refractivity contribution >= 4 is 17.9 Å². The van der Waals surface area contributed by atoms with E-state index in [0.717, 1.165) is 0 Å². The molecule has 0 bridgehead atoms. The number of hydrogen-bond donors (Lipinski definition) is 4. The first kappa shape index (κ1) is 14.2. The number of carboxylic acids is 1. The number of carbonyl (C=O) groups is 3. The van der Waals surface area contributed by atoms with Crippen LogP contribution in [0.1, 0.15) is 0 Å². The number of amides is 3. The van der Waals surface area contributed by atoms with Gasteiger partial charge in [-0.1, -0.05) is 0 Å². The molecule has 92 valence electrons. The van der Waals surface area contributed by atoms with Crippen LogP contribution in [-0.2, 0) is 14.3 Å². The number of nitrogens with one attached hydrogen (secondary N) is 3. The van der Waals surface area contributed by atoms with Gasteiger partial charge < -0.3 is 25.8 Å². The molecule has 0 rings (SSSR count).